The van der Waals surface area contributed by atoms with Crippen LogP contribution in [-0.4, -0.2) is 51.1 Å². The first kappa shape index (κ1) is 24.4. The molecule has 33 heavy (non-hydrogen) atoms. The van der Waals surface area contributed by atoms with E-state index < -0.39 is 5.92 Å². The maximum Gasteiger partial charge on any atom is 0.226 e. The predicted molar refractivity (Wildman–Crippen MR) is 127 cm³/mol. The van der Waals surface area contributed by atoms with Gasteiger partial charge in [-0.15, -0.1) is 0 Å². The van der Waals surface area contributed by atoms with Gasteiger partial charge >= 0.3 is 0 Å². The smallest absolute Gasteiger partial charge is 0.226 e. The maximum absolute atomic E-state index is 13.2. The lowest BCUT2D eigenvalue weighted by Gasteiger charge is -2.28. The Hall–Kier alpha value is -3.22. The highest BCUT2D eigenvalue weighted by atomic mass is 16.5. The molecule has 1 heterocycles. The molecule has 0 radical (unpaired) electrons. The van der Waals surface area contributed by atoms with Crippen LogP contribution in [0.3, 0.4) is 0 Å². The van der Waals surface area contributed by atoms with E-state index in [1.54, 1.807) is 21.3 Å². The molecular formula is C26H34N2O5. The van der Waals surface area contributed by atoms with Crippen LogP contribution in [0.1, 0.15) is 43.4 Å². The Morgan fingerprint density at radius 2 is 1.73 bits per heavy atom. The largest absolute Gasteiger partial charge is 0.497 e. The van der Waals surface area contributed by atoms with Gasteiger partial charge in [-0.05, 0) is 42.2 Å². The fourth-order valence-corrected chi connectivity index (χ4v) is 4.34. The van der Waals surface area contributed by atoms with E-state index in [1.165, 1.54) is 0 Å². The first-order chi connectivity index (χ1) is 16.0. The Kier molecular flexibility index (Phi) is 8.58. The average molecular weight is 455 g/mol. The summed E-state index contributed by atoms with van der Waals surface area (Å²) in [5, 5.41) is 3.04. The molecule has 0 saturated carbocycles. The Balaban J connectivity index is 1.72. The number of hydrogen-bond donors (Lipinski definition) is 1. The quantitative estimate of drug-likeness (QED) is 0.559. The molecule has 0 aliphatic carbocycles. The van der Waals surface area contributed by atoms with E-state index in [-0.39, 0.29) is 24.3 Å². The molecule has 2 amide bonds. The molecule has 2 unspecified atom stereocenters. The number of amides is 2. The number of rotatable bonds is 11. The van der Waals surface area contributed by atoms with Crippen molar-refractivity contribution in [1.29, 1.82) is 0 Å². The van der Waals surface area contributed by atoms with Gasteiger partial charge in [0.05, 0.1) is 33.3 Å². The van der Waals surface area contributed by atoms with Crippen LogP contribution >= 0.6 is 0 Å². The summed E-state index contributed by atoms with van der Waals surface area (Å²) in [6.45, 7) is 3.20. The van der Waals surface area contributed by atoms with Gasteiger partial charge in [0.25, 0.3) is 0 Å². The number of carbonyl (C=O) groups excluding carboxylic acids is 2. The van der Waals surface area contributed by atoms with Crippen molar-refractivity contribution in [2.24, 2.45) is 5.92 Å². The lowest BCUT2D eigenvalue weighted by Crippen LogP contribution is -2.36. The standard InChI is InChI=1S/C26H34N2O5/c1-5-6-15-28-24(29)17-22(25(28)19-8-10-20(31-2)11-9-19)26(30)27-14-13-18-7-12-21(32-3)16-23(18)33-4/h7-12,16,22,25H,5-6,13-15,17H2,1-4H3,(H,27,30). The van der Waals surface area contributed by atoms with E-state index in [4.69, 9.17) is 14.2 Å². The van der Waals surface area contributed by atoms with Gasteiger partial charge in [-0.2, -0.15) is 0 Å². The van der Waals surface area contributed by atoms with Crippen LogP contribution < -0.4 is 19.5 Å². The third-order valence-electron chi connectivity index (χ3n) is 6.17. The van der Waals surface area contributed by atoms with E-state index >= 15 is 0 Å². The topological polar surface area (TPSA) is 77.1 Å². The summed E-state index contributed by atoms with van der Waals surface area (Å²) in [6.07, 6.45) is 2.73. The zero-order chi connectivity index (χ0) is 23.8. The molecule has 1 aliphatic heterocycles. The lowest BCUT2D eigenvalue weighted by molar-refractivity contribution is -0.129. The maximum atomic E-state index is 13.2. The van der Waals surface area contributed by atoms with Gasteiger partial charge in [-0.1, -0.05) is 31.5 Å². The van der Waals surface area contributed by atoms with E-state index in [2.05, 4.69) is 12.2 Å². The van der Waals surface area contributed by atoms with Gasteiger partial charge < -0.3 is 24.4 Å². The Morgan fingerprint density at radius 3 is 2.36 bits per heavy atom. The normalized spacial score (nSPS) is 17.7. The first-order valence-electron chi connectivity index (χ1n) is 11.4. The van der Waals surface area contributed by atoms with Crippen molar-refractivity contribution in [3.8, 4) is 17.2 Å². The van der Waals surface area contributed by atoms with E-state index in [9.17, 15) is 9.59 Å². The van der Waals surface area contributed by atoms with Gasteiger partial charge in [0.15, 0.2) is 0 Å². The van der Waals surface area contributed by atoms with Crippen molar-refractivity contribution >= 4 is 11.8 Å². The second-order valence-electron chi connectivity index (χ2n) is 8.19. The number of nitrogens with zero attached hydrogens (tertiary/aromatic N) is 1. The zero-order valence-corrected chi connectivity index (χ0v) is 19.9. The van der Waals surface area contributed by atoms with Crippen LogP contribution in [0, 0.1) is 5.92 Å². The minimum atomic E-state index is -0.430. The Labute approximate surface area is 196 Å². The zero-order valence-electron chi connectivity index (χ0n) is 19.9. The molecule has 0 aromatic heterocycles. The number of ether oxygens (including phenoxy) is 3. The molecule has 7 heteroatoms. The molecule has 0 spiro atoms. The van der Waals surface area contributed by atoms with Crippen LogP contribution in [0.4, 0.5) is 0 Å². The molecule has 2 aromatic carbocycles. The molecule has 2 atom stereocenters. The minimum absolute atomic E-state index is 0.0289. The van der Waals surface area contributed by atoms with E-state index in [1.807, 2.05) is 47.4 Å². The van der Waals surface area contributed by atoms with E-state index in [0.29, 0.717) is 19.5 Å². The molecule has 0 bridgehead atoms. The minimum Gasteiger partial charge on any atom is -0.497 e. The summed E-state index contributed by atoms with van der Waals surface area (Å²) >= 11 is 0. The summed E-state index contributed by atoms with van der Waals surface area (Å²) in [6, 6.07) is 13.0. The van der Waals surface area contributed by atoms with Crippen LogP contribution in [0.25, 0.3) is 0 Å². The Bertz CT molecular complexity index is 944. The van der Waals surface area contributed by atoms with Crippen molar-refractivity contribution in [2.45, 2.75) is 38.6 Å². The number of nitrogens with one attached hydrogen (secondary N) is 1. The molecule has 1 N–H and O–H groups in total. The number of hydrogen-bond acceptors (Lipinski definition) is 5. The van der Waals surface area contributed by atoms with Crippen molar-refractivity contribution in [2.75, 3.05) is 34.4 Å². The summed E-state index contributed by atoms with van der Waals surface area (Å²) in [7, 11) is 4.85. The third kappa shape index (κ3) is 5.78. The molecule has 178 valence electrons. The fraction of sp³-hybridized carbons (Fsp3) is 0.462. The van der Waals surface area contributed by atoms with E-state index in [0.717, 1.165) is 41.2 Å². The summed E-state index contributed by atoms with van der Waals surface area (Å²) in [5.74, 6) is 1.69. The Morgan fingerprint density at radius 1 is 1.03 bits per heavy atom. The highest BCUT2D eigenvalue weighted by molar-refractivity contribution is 5.90. The van der Waals surface area contributed by atoms with Crippen LogP contribution in [0.5, 0.6) is 17.2 Å². The lowest BCUT2D eigenvalue weighted by atomic mass is 9.92. The second-order valence-corrected chi connectivity index (χ2v) is 8.19. The monoisotopic (exact) mass is 454 g/mol. The average Bonchev–Trinajstić information content (AvgIpc) is 3.18. The molecule has 1 fully saturated rings. The molecular weight excluding hydrogens is 420 g/mol. The molecule has 7 nitrogen and oxygen atoms in total. The molecule has 1 aliphatic rings. The first-order valence-corrected chi connectivity index (χ1v) is 11.4. The summed E-state index contributed by atoms with van der Waals surface area (Å²) in [5.41, 5.74) is 1.94. The number of unbranched alkanes of at least 4 members (excludes halogenated alkanes) is 1. The van der Waals surface area contributed by atoms with Crippen LogP contribution in [-0.2, 0) is 16.0 Å². The van der Waals surface area contributed by atoms with Crippen molar-refractivity contribution < 1.29 is 23.8 Å². The number of benzene rings is 2. The molecule has 1 saturated heterocycles. The molecule has 3 rings (SSSR count). The highest BCUT2D eigenvalue weighted by Crippen LogP contribution is 2.39. The van der Waals surface area contributed by atoms with Crippen LogP contribution in [0.2, 0.25) is 0 Å². The number of methoxy groups -OCH3 is 3. The van der Waals surface area contributed by atoms with Crippen molar-refractivity contribution in [3.63, 3.8) is 0 Å². The van der Waals surface area contributed by atoms with Gasteiger partial charge in [-0.25, -0.2) is 0 Å². The van der Waals surface area contributed by atoms with Gasteiger partial charge in [0.2, 0.25) is 11.8 Å². The van der Waals surface area contributed by atoms with Gasteiger partial charge in [-0.3, -0.25) is 9.59 Å². The fourth-order valence-electron chi connectivity index (χ4n) is 4.34. The number of carbonyl (C=O) groups is 2. The van der Waals surface area contributed by atoms with Gasteiger partial charge in [0, 0.05) is 25.6 Å². The summed E-state index contributed by atoms with van der Waals surface area (Å²) < 4.78 is 16.0. The van der Waals surface area contributed by atoms with Crippen LogP contribution in [0.15, 0.2) is 42.5 Å². The predicted octanol–water partition coefficient (Wildman–Crippen LogP) is 3.76. The van der Waals surface area contributed by atoms with Crippen molar-refractivity contribution in [1.82, 2.24) is 10.2 Å². The molecule has 2 aromatic rings. The third-order valence-corrected chi connectivity index (χ3v) is 6.17. The van der Waals surface area contributed by atoms with Crippen molar-refractivity contribution in [3.05, 3.63) is 53.6 Å². The highest BCUT2D eigenvalue weighted by Gasteiger charge is 2.44. The summed E-state index contributed by atoms with van der Waals surface area (Å²) in [4.78, 5) is 27.9. The number of likely N-dealkylation sites (tertiary alicyclic amines) is 1. The SMILES string of the molecule is CCCCN1C(=O)CC(C(=O)NCCc2ccc(OC)cc2OC)C1c1ccc(OC)cc1. The van der Waals surface area contributed by atoms with Gasteiger partial charge in [0.1, 0.15) is 17.2 Å². The second kappa shape index (κ2) is 11.6.